The number of benzene rings is 4. The van der Waals surface area contributed by atoms with Gasteiger partial charge in [0.15, 0.2) is 15.6 Å². The fourth-order valence-corrected chi connectivity index (χ4v) is 11.3. The zero-order chi connectivity index (χ0) is 51.6. The Kier molecular flexibility index (Phi) is 15.5. The molecule has 3 heterocycles. The zero-order valence-electron chi connectivity index (χ0n) is 41.4. The number of amides is 5. The Morgan fingerprint density at radius 1 is 0.917 bits per heavy atom. The highest BCUT2D eigenvalue weighted by Gasteiger charge is 2.52. The predicted octanol–water partition coefficient (Wildman–Crippen LogP) is 8.38. The number of nitrogens with one attached hydrogen (secondary N) is 2. The summed E-state index contributed by atoms with van der Waals surface area (Å²) in [7, 11) is -3.69. The van der Waals surface area contributed by atoms with E-state index >= 15 is 0 Å². The van der Waals surface area contributed by atoms with Gasteiger partial charge in [-0.2, -0.15) is 10.2 Å². The minimum Gasteiger partial charge on any atom is -0.485 e. The molecule has 16 nitrogen and oxygen atoms in total. The van der Waals surface area contributed by atoms with Gasteiger partial charge in [-0.05, 0) is 132 Å². The van der Waals surface area contributed by atoms with E-state index in [0.717, 1.165) is 35.1 Å². The highest BCUT2D eigenvalue weighted by atomic mass is 35.5. The molecule has 4 aromatic carbocycles. The molecule has 1 aliphatic carbocycles. The molecule has 3 aliphatic heterocycles. The Bertz CT molecular complexity index is 2910. The molecule has 1 unspecified atom stereocenters. The number of fused-ring (bicyclic) bond motifs is 1. The number of azo groups is 1. The maximum Gasteiger partial charge on any atom is 0.255 e. The lowest BCUT2D eigenvalue weighted by molar-refractivity contribution is -0.181. The molecule has 18 heteroatoms. The molecule has 3 fully saturated rings. The van der Waals surface area contributed by atoms with Crippen molar-refractivity contribution in [3.63, 3.8) is 0 Å². The number of ether oxygens (including phenoxy) is 2. The number of carbonyl (C=O) groups is 6. The number of halogens is 1. The lowest BCUT2D eigenvalue weighted by Gasteiger charge is -2.48. The Morgan fingerprint density at radius 3 is 2.29 bits per heavy atom. The van der Waals surface area contributed by atoms with E-state index in [9.17, 15) is 37.2 Å². The van der Waals surface area contributed by atoms with Crippen LogP contribution in [0.2, 0.25) is 5.02 Å². The Labute approximate surface area is 425 Å². The maximum absolute atomic E-state index is 14.9. The molecule has 8 rings (SSSR count). The molecule has 380 valence electrons. The van der Waals surface area contributed by atoms with Crippen molar-refractivity contribution in [2.75, 3.05) is 18.9 Å². The van der Waals surface area contributed by atoms with E-state index < -0.39 is 62.6 Å². The summed E-state index contributed by atoms with van der Waals surface area (Å²) in [5, 5.41) is 14.5. The molecule has 4 aromatic rings. The van der Waals surface area contributed by atoms with Gasteiger partial charge in [0.25, 0.3) is 11.8 Å². The van der Waals surface area contributed by atoms with Crippen molar-refractivity contribution in [2.24, 2.45) is 16.1 Å². The summed E-state index contributed by atoms with van der Waals surface area (Å²) in [5.41, 5.74) is 6.00. The summed E-state index contributed by atoms with van der Waals surface area (Å²) in [4.78, 5) is 82.2. The number of aryl methyl sites for hydroxylation is 3. The van der Waals surface area contributed by atoms with Gasteiger partial charge in [0.2, 0.25) is 17.7 Å². The fraction of sp³-hybridized carbons (Fsp3) is 0.444. The smallest absolute Gasteiger partial charge is 0.255 e. The van der Waals surface area contributed by atoms with Crippen LogP contribution in [-0.2, 0) is 45.1 Å². The van der Waals surface area contributed by atoms with Crippen LogP contribution in [0.25, 0.3) is 0 Å². The number of nitrogens with zero attached hydrogens (tertiary/aromatic N) is 4. The lowest BCUT2D eigenvalue weighted by atomic mass is 9.89. The number of imide groups is 1. The number of sulfone groups is 1. The minimum absolute atomic E-state index is 0.0442. The molecule has 5 amide bonds. The van der Waals surface area contributed by atoms with Crippen LogP contribution in [0.3, 0.4) is 0 Å². The van der Waals surface area contributed by atoms with Crippen LogP contribution in [-0.4, -0.2) is 95.4 Å². The number of hydrogen-bond acceptors (Lipinski definition) is 12. The summed E-state index contributed by atoms with van der Waals surface area (Å²) < 4.78 is 39.3. The van der Waals surface area contributed by atoms with E-state index in [1.165, 1.54) is 4.90 Å². The second-order valence-corrected chi connectivity index (χ2v) is 23.5. The highest BCUT2D eigenvalue weighted by molar-refractivity contribution is 7.92. The average molecular weight is 1020 g/mol. The van der Waals surface area contributed by atoms with E-state index in [4.69, 9.17) is 21.1 Å². The second kappa shape index (κ2) is 21.4. The first-order valence-electron chi connectivity index (χ1n) is 24.4. The minimum atomic E-state index is -3.69. The Balaban J connectivity index is 0.881. The number of Topliss-reactive ketones (excluding diaryl/α,β-unsaturated/α-hetero) is 1. The van der Waals surface area contributed by atoms with E-state index in [-0.39, 0.29) is 74.6 Å². The van der Waals surface area contributed by atoms with E-state index in [2.05, 4.69) is 20.9 Å². The van der Waals surface area contributed by atoms with Crippen LogP contribution in [0.15, 0.2) is 89.1 Å². The predicted molar refractivity (Wildman–Crippen MR) is 270 cm³/mol. The summed E-state index contributed by atoms with van der Waals surface area (Å²) in [6.07, 6.45) is 0.0355. The van der Waals surface area contributed by atoms with Crippen LogP contribution in [0, 0.1) is 26.7 Å². The summed E-state index contributed by atoms with van der Waals surface area (Å²) in [6, 6.07) is 21.5. The molecular formula is C54H61ClN6O10S. The van der Waals surface area contributed by atoms with Gasteiger partial charge in [-0.25, -0.2) is 8.42 Å². The number of hydrogen-bond donors (Lipinski definition) is 2. The normalized spacial score (nSPS) is 20.9. The molecule has 0 radical (unpaired) electrons. The first kappa shape index (κ1) is 52.0. The van der Waals surface area contributed by atoms with Crippen LogP contribution in [0.5, 0.6) is 5.75 Å². The van der Waals surface area contributed by atoms with E-state index in [1.54, 1.807) is 74.2 Å². The lowest BCUT2D eigenvalue weighted by Crippen LogP contribution is -2.58. The molecule has 72 heavy (non-hydrogen) atoms. The zero-order valence-corrected chi connectivity index (χ0v) is 43.0. The van der Waals surface area contributed by atoms with Gasteiger partial charge in [0, 0.05) is 48.1 Å². The quantitative estimate of drug-likeness (QED) is 0.0552. The monoisotopic (exact) mass is 1020 g/mol. The van der Waals surface area contributed by atoms with Crippen molar-refractivity contribution in [2.45, 2.75) is 128 Å². The highest BCUT2D eigenvalue weighted by Crippen LogP contribution is 2.49. The largest absolute Gasteiger partial charge is 0.485 e. The first-order valence-corrected chi connectivity index (χ1v) is 26.4. The molecule has 2 saturated heterocycles. The molecule has 2 N–H and O–H groups in total. The van der Waals surface area contributed by atoms with Gasteiger partial charge in [-0.1, -0.05) is 59.6 Å². The average Bonchev–Trinajstić information content (AvgIpc) is 4.12. The number of morpholine rings is 1. The van der Waals surface area contributed by atoms with Crippen molar-refractivity contribution in [1.29, 1.82) is 0 Å². The van der Waals surface area contributed by atoms with Crippen molar-refractivity contribution in [3.8, 4) is 5.75 Å². The third-order valence-electron chi connectivity index (χ3n) is 13.8. The number of carbonyl (C=O) groups excluding carboxylic acids is 6. The van der Waals surface area contributed by atoms with Crippen LogP contribution in [0.4, 0.5) is 11.4 Å². The third-order valence-corrected chi connectivity index (χ3v) is 16.7. The third kappa shape index (κ3) is 11.6. The number of ketones is 1. The van der Waals surface area contributed by atoms with Crippen molar-refractivity contribution in [1.82, 2.24) is 20.4 Å². The molecule has 0 bridgehead atoms. The van der Waals surface area contributed by atoms with Gasteiger partial charge in [0.1, 0.15) is 30.6 Å². The molecule has 1 saturated carbocycles. The topological polar surface area (TPSA) is 210 Å². The van der Waals surface area contributed by atoms with Gasteiger partial charge >= 0.3 is 0 Å². The second-order valence-electron chi connectivity index (χ2n) is 20.3. The molecule has 0 aromatic heterocycles. The van der Waals surface area contributed by atoms with Gasteiger partial charge in [-0.15, -0.1) is 0 Å². The molecule has 0 spiro atoms. The Morgan fingerprint density at radius 2 is 1.62 bits per heavy atom. The van der Waals surface area contributed by atoms with Crippen molar-refractivity contribution in [3.05, 3.63) is 123 Å². The standard InChI is InChI=1S/C54H61ClN6O10S/c1-31-15-17-35(18-16-31)48-50(36-10-7-11-37(55)26-36)71-45(53(67)61(48)44(34-19-20-34)30-72(68,69)54(4,5)6)27-47(64)56-23-9-12-39(62)29-70-49-32(2)24-38(25-33(49)3)58-59-42-14-8-13-40-41(42)28-60(52(40)66)43-21-22-46(63)57-51(43)65/h7-8,10-11,13-18,24-26,34,43-45,48,50H,9,12,19-23,27-30H2,1-6H3,(H,56,64)(H,57,63,65)/t43?,44-,45-,48-,50-/m1/s1. The number of rotatable bonds is 18. The van der Waals surface area contributed by atoms with Crippen molar-refractivity contribution < 1.29 is 46.7 Å². The summed E-state index contributed by atoms with van der Waals surface area (Å²) in [6.45, 7) is 10.7. The van der Waals surface area contributed by atoms with E-state index in [0.29, 0.717) is 45.3 Å². The van der Waals surface area contributed by atoms with Gasteiger partial charge in [0.05, 0.1) is 34.3 Å². The van der Waals surface area contributed by atoms with Gasteiger partial charge in [-0.3, -0.25) is 34.1 Å². The van der Waals surface area contributed by atoms with Gasteiger partial charge < -0.3 is 24.6 Å². The molecule has 5 atom stereocenters. The molecule has 4 aliphatic rings. The summed E-state index contributed by atoms with van der Waals surface area (Å²) in [5.74, 6) is -2.00. The van der Waals surface area contributed by atoms with Crippen LogP contribution >= 0.6 is 11.6 Å². The van der Waals surface area contributed by atoms with Crippen LogP contribution in [0.1, 0.15) is 122 Å². The molecular weight excluding hydrogens is 960 g/mol. The fourth-order valence-electron chi connectivity index (χ4n) is 9.67. The SMILES string of the molecule is Cc1ccc([C@@H]2[C@@H](c3cccc(Cl)c3)O[C@H](CC(=O)NCCCC(=O)COc3c(C)cc(N=Nc4cccc5c4CN(C4CCC(=O)NC4=O)C5=O)cc3C)C(=O)N2[C@H](CS(=O)(=O)C(C)(C)C)C2CC2)cc1. The maximum atomic E-state index is 14.9. The first-order chi connectivity index (χ1) is 34.2. The van der Waals surface area contributed by atoms with E-state index in [1.807, 2.05) is 51.1 Å². The number of piperidine rings is 1. The van der Waals surface area contributed by atoms with Crippen LogP contribution < -0.4 is 15.4 Å². The summed E-state index contributed by atoms with van der Waals surface area (Å²) >= 11 is 6.52. The Hall–Kier alpha value is -6.30. The van der Waals surface area contributed by atoms with Crippen molar-refractivity contribution >= 4 is 68.1 Å².